The van der Waals surface area contributed by atoms with Gasteiger partial charge < -0.3 is 4.90 Å². The fourth-order valence-corrected chi connectivity index (χ4v) is 4.61. The van der Waals surface area contributed by atoms with Crippen LogP contribution in [0, 0.1) is 5.82 Å². The molecule has 0 bridgehead atoms. The zero-order valence-electron chi connectivity index (χ0n) is 16.9. The van der Waals surface area contributed by atoms with Gasteiger partial charge in [-0.05, 0) is 42.7 Å². The first-order chi connectivity index (χ1) is 15.1. The monoisotopic (exact) mass is 419 g/mol. The molecule has 1 saturated heterocycles. The van der Waals surface area contributed by atoms with Crippen molar-refractivity contribution in [1.29, 1.82) is 0 Å². The number of aromatic nitrogens is 3. The number of amides is 2. The zero-order valence-corrected chi connectivity index (χ0v) is 16.9. The Labute approximate surface area is 179 Å². The Bertz CT molecular complexity index is 1120. The Morgan fingerprint density at radius 2 is 1.77 bits per heavy atom. The van der Waals surface area contributed by atoms with Gasteiger partial charge in [0.05, 0.1) is 30.3 Å². The van der Waals surface area contributed by atoms with Crippen LogP contribution in [0.3, 0.4) is 0 Å². The SMILES string of the molecule is O=C(c1ccccc1F)N1CCC2(CC1)CC(=O)N(Cc1ccncc1)c1ccnn12. The van der Waals surface area contributed by atoms with Crippen molar-refractivity contribution in [1.82, 2.24) is 19.7 Å². The van der Waals surface area contributed by atoms with Crippen LogP contribution in [0.5, 0.6) is 0 Å². The van der Waals surface area contributed by atoms with Crippen LogP contribution in [0.25, 0.3) is 0 Å². The van der Waals surface area contributed by atoms with Crippen LogP contribution in [0.2, 0.25) is 0 Å². The average molecular weight is 419 g/mol. The van der Waals surface area contributed by atoms with E-state index in [-0.39, 0.29) is 17.4 Å². The number of halogens is 1. The van der Waals surface area contributed by atoms with Gasteiger partial charge in [-0.2, -0.15) is 5.10 Å². The van der Waals surface area contributed by atoms with Crippen LogP contribution >= 0.6 is 0 Å². The van der Waals surface area contributed by atoms with Gasteiger partial charge in [0.15, 0.2) is 0 Å². The molecule has 1 fully saturated rings. The number of nitrogens with zero attached hydrogens (tertiary/aromatic N) is 5. The summed E-state index contributed by atoms with van der Waals surface area (Å²) >= 11 is 0. The number of piperidine rings is 1. The van der Waals surface area contributed by atoms with Crippen molar-refractivity contribution in [2.24, 2.45) is 0 Å². The molecular weight excluding hydrogens is 397 g/mol. The second-order valence-electron chi connectivity index (χ2n) is 8.11. The fourth-order valence-electron chi connectivity index (χ4n) is 4.61. The predicted octanol–water partition coefficient (Wildman–Crippen LogP) is 2.99. The molecule has 2 aliphatic rings. The molecule has 0 N–H and O–H groups in total. The van der Waals surface area contributed by atoms with Crippen molar-refractivity contribution in [2.75, 3.05) is 18.0 Å². The highest BCUT2D eigenvalue weighted by Crippen LogP contribution is 2.41. The summed E-state index contributed by atoms with van der Waals surface area (Å²) in [6.07, 6.45) is 6.66. The van der Waals surface area contributed by atoms with Crippen LogP contribution < -0.4 is 4.90 Å². The van der Waals surface area contributed by atoms with E-state index in [2.05, 4.69) is 10.1 Å². The number of fused-ring (bicyclic) bond motifs is 2. The minimum Gasteiger partial charge on any atom is -0.338 e. The summed E-state index contributed by atoms with van der Waals surface area (Å²) in [5.74, 6) is -0.0162. The smallest absolute Gasteiger partial charge is 0.256 e. The number of rotatable bonds is 3. The van der Waals surface area contributed by atoms with Crippen molar-refractivity contribution >= 4 is 17.6 Å². The van der Waals surface area contributed by atoms with E-state index in [4.69, 9.17) is 0 Å². The molecule has 2 aliphatic heterocycles. The maximum Gasteiger partial charge on any atom is 0.256 e. The van der Waals surface area contributed by atoms with Gasteiger partial charge in [-0.3, -0.25) is 19.5 Å². The van der Waals surface area contributed by atoms with Crippen LogP contribution in [0.1, 0.15) is 35.2 Å². The van der Waals surface area contributed by atoms with E-state index in [1.807, 2.05) is 22.9 Å². The number of hydrogen-bond acceptors (Lipinski definition) is 4. The first-order valence-corrected chi connectivity index (χ1v) is 10.3. The maximum absolute atomic E-state index is 14.1. The Morgan fingerprint density at radius 1 is 1.03 bits per heavy atom. The molecule has 158 valence electrons. The van der Waals surface area contributed by atoms with Gasteiger partial charge in [0.25, 0.3) is 5.91 Å². The highest BCUT2D eigenvalue weighted by atomic mass is 19.1. The second kappa shape index (κ2) is 7.61. The van der Waals surface area contributed by atoms with E-state index >= 15 is 0 Å². The quantitative estimate of drug-likeness (QED) is 0.654. The fraction of sp³-hybridized carbons (Fsp3) is 0.304. The van der Waals surface area contributed by atoms with E-state index in [9.17, 15) is 14.0 Å². The molecule has 1 aromatic carbocycles. The summed E-state index contributed by atoms with van der Waals surface area (Å²) in [6, 6.07) is 11.7. The van der Waals surface area contributed by atoms with Gasteiger partial charge in [-0.1, -0.05) is 12.1 Å². The molecule has 7 nitrogen and oxygen atoms in total. The van der Waals surface area contributed by atoms with Crippen LogP contribution in [0.4, 0.5) is 10.2 Å². The zero-order chi connectivity index (χ0) is 21.4. The minimum absolute atomic E-state index is 0.0405. The van der Waals surface area contributed by atoms with E-state index in [1.165, 1.54) is 12.1 Å². The lowest BCUT2D eigenvalue weighted by atomic mass is 9.82. The minimum atomic E-state index is -0.512. The number of carbonyl (C=O) groups excluding carboxylic acids is 2. The maximum atomic E-state index is 14.1. The molecule has 0 unspecified atom stereocenters. The van der Waals surface area contributed by atoms with Crippen molar-refractivity contribution < 1.29 is 14.0 Å². The molecule has 4 heterocycles. The third kappa shape index (κ3) is 3.37. The molecule has 31 heavy (non-hydrogen) atoms. The Kier molecular flexibility index (Phi) is 4.77. The van der Waals surface area contributed by atoms with Crippen molar-refractivity contribution in [3.8, 4) is 0 Å². The summed E-state index contributed by atoms with van der Waals surface area (Å²) in [5, 5.41) is 4.55. The molecule has 3 aromatic rings. The molecule has 0 atom stereocenters. The van der Waals surface area contributed by atoms with Crippen molar-refractivity contribution in [2.45, 2.75) is 31.3 Å². The summed E-state index contributed by atoms with van der Waals surface area (Å²) in [6.45, 7) is 1.36. The molecule has 5 rings (SSSR count). The standard InChI is InChI=1S/C23H22FN5O2/c24-19-4-2-1-3-18(19)22(31)27-13-8-23(9-14-27)15-21(30)28(20-7-12-26-29(20)23)16-17-5-10-25-11-6-17/h1-7,10-12H,8-9,13-16H2. The number of likely N-dealkylation sites (tertiary alicyclic amines) is 1. The van der Waals surface area contributed by atoms with Crippen LogP contribution in [-0.4, -0.2) is 44.6 Å². The molecule has 1 spiro atoms. The number of hydrogen-bond donors (Lipinski definition) is 0. The van der Waals surface area contributed by atoms with Gasteiger partial charge in [0.2, 0.25) is 5.91 Å². The van der Waals surface area contributed by atoms with Crippen molar-refractivity contribution in [3.05, 3.63) is 78.0 Å². The highest BCUT2D eigenvalue weighted by molar-refractivity contribution is 5.95. The summed E-state index contributed by atoms with van der Waals surface area (Å²) in [4.78, 5) is 33.4. The second-order valence-corrected chi connectivity index (χ2v) is 8.11. The van der Waals surface area contributed by atoms with E-state index in [1.54, 1.807) is 40.5 Å². The molecule has 2 amide bonds. The van der Waals surface area contributed by atoms with Gasteiger partial charge >= 0.3 is 0 Å². The molecule has 8 heteroatoms. The summed E-state index contributed by atoms with van der Waals surface area (Å²) in [5.41, 5.74) is 0.621. The average Bonchev–Trinajstić information content (AvgIpc) is 3.29. The van der Waals surface area contributed by atoms with Gasteiger partial charge in [0.1, 0.15) is 11.6 Å². The lowest BCUT2D eigenvalue weighted by molar-refractivity contribution is -0.123. The lowest BCUT2D eigenvalue weighted by Crippen LogP contribution is -2.54. The number of benzene rings is 1. The predicted molar refractivity (Wildman–Crippen MR) is 112 cm³/mol. The van der Waals surface area contributed by atoms with Crippen molar-refractivity contribution in [3.63, 3.8) is 0 Å². The van der Waals surface area contributed by atoms with Crippen LogP contribution in [-0.2, 0) is 16.9 Å². The third-order valence-electron chi connectivity index (χ3n) is 6.31. The summed E-state index contributed by atoms with van der Waals surface area (Å²) < 4.78 is 16.0. The van der Waals surface area contributed by atoms with Gasteiger partial charge in [0, 0.05) is 31.5 Å². The number of carbonyl (C=O) groups is 2. The van der Waals surface area contributed by atoms with E-state index < -0.39 is 11.4 Å². The molecule has 2 aromatic heterocycles. The van der Waals surface area contributed by atoms with E-state index in [0.717, 1.165) is 11.4 Å². The van der Waals surface area contributed by atoms with Gasteiger partial charge in [-0.25, -0.2) is 9.07 Å². The number of pyridine rings is 1. The molecular formula is C23H22FN5O2. The Balaban J connectivity index is 1.36. The largest absolute Gasteiger partial charge is 0.338 e. The third-order valence-corrected chi connectivity index (χ3v) is 6.31. The van der Waals surface area contributed by atoms with Gasteiger partial charge in [-0.15, -0.1) is 0 Å². The molecule has 0 radical (unpaired) electrons. The van der Waals surface area contributed by atoms with E-state index in [0.29, 0.717) is 38.9 Å². The Hall–Kier alpha value is -3.55. The Morgan fingerprint density at radius 3 is 2.52 bits per heavy atom. The normalized spacial score (nSPS) is 17.6. The first kappa shape index (κ1) is 19.4. The molecule has 0 saturated carbocycles. The number of anilines is 1. The topological polar surface area (TPSA) is 71.3 Å². The lowest BCUT2D eigenvalue weighted by Gasteiger charge is -2.46. The highest BCUT2D eigenvalue weighted by Gasteiger charge is 2.46. The molecule has 0 aliphatic carbocycles. The van der Waals surface area contributed by atoms with Crippen LogP contribution in [0.15, 0.2) is 61.1 Å². The summed E-state index contributed by atoms with van der Waals surface area (Å²) in [7, 11) is 0. The first-order valence-electron chi connectivity index (χ1n) is 10.3.